The minimum absolute atomic E-state index is 0.286. The van der Waals surface area contributed by atoms with Gasteiger partial charge in [0, 0.05) is 6.07 Å². The fourth-order valence-electron chi connectivity index (χ4n) is 1.74. The van der Waals surface area contributed by atoms with Crippen molar-refractivity contribution in [3.63, 3.8) is 0 Å². The number of nitrogen functional groups attached to an aromatic ring is 2. The summed E-state index contributed by atoms with van der Waals surface area (Å²) >= 11 is 0. The van der Waals surface area contributed by atoms with Gasteiger partial charge in [-0.2, -0.15) is 4.98 Å². The molecule has 1 atom stereocenters. The van der Waals surface area contributed by atoms with Crippen molar-refractivity contribution in [3.8, 4) is 11.6 Å². The molecule has 0 aliphatic carbocycles. The highest BCUT2D eigenvalue weighted by Gasteiger charge is 2.05. The summed E-state index contributed by atoms with van der Waals surface area (Å²) in [6, 6.07) is 11.4. The first-order valence-electron chi connectivity index (χ1n) is 6.40. The Labute approximate surface area is 113 Å². The number of hydrogen-bond acceptors (Lipinski definition) is 4. The monoisotopic (exact) mass is 257 g/mol. The first-order valence-corrected chi connectivity index (χ1v) is 6.40. The van der Waals surface area contributed by atoms with Gasteiger partial charge in [-0.25, -0.2) is 0 Å². The summed E-state index contributed by atoms with van der Waals surface area (Å²) in [5, 5.41) is 0. The standard InChI is InChI=1S/C15H19N3O/c1-3-10(2)11-4-6-12(7-5-11)19-14-9-8-13(16)15(17)18-14/h4-10H,3,16H2,1-2H3,(H2,17,18). The van der Waals surface area contributed by atoms with Crippen molar-refractivity contribution in [2.75, 3.05) is 11.5 Å². The van der Waals surface area contributed by atoms with Crippen LogP contribution in [0.1, 0.15) is 31.7 Å². The lowest BCUT2D eigenvalue weighted by atomic mass is 9.99. The number of hydrogen-bond donors (Lipinski definition) is 2. The van der Waals surface area contributed by atoms with E-state index in [9.17, 15) is 0 Å². The van der Waals surface area contributed by atoms with Crippen LogP contribution in [0.5, 0.6) is 11.6 Å². The number of aromatic nitrogens is 1. The minimum Gasteiger partial charge on any atom is -0.439 e. The molecule has 0 aliphatic heterocycles. The summed E-state index contributed by atoms with van der Waals surface area (Å²) in [7, 11) is 0. The van der Waals surface area contributed by atoms with Gasteiger partial charge >= 0.3 is 0 Å². The molecule has 0 aliphatic rings. The number of pyridine rings is 1. The second-order valence-corrected chi connectivity index (χ2v) is 4.60. The summed E-state index contributed by atoms with van der Waals surface area (Å²) in [6.07, 6.45) is 1.12. The second-order valence-electron chi connectivity index (χ2n) is 4.60. The smallest absolute Gasteiger partial charge is 0.221 e. The Morgan fingerprint density at radius 3 is 2.37 bits per heavy atom. The Balaban J connectivity index is 2.12. The predicted octanol–water partition coefficient (Wildman–Crippen LogP) is 3.55. The molecular weight excluding hydrogens is 238 g/mol. The summed E-state index contributed by atoms with van der Waals surface area (Å²) in [5.41, 5.74) is 13.0. The maximum Gasteiger partial charge on any atom is 0.221 e. The van der Waals surface area contributed by atoms with Crippen LogP contribution in [0.2, 0.25) is 0 Å². The van der Waals surface area contributed by atoms with Gasteiger partial charge in [-0.05, 0) is 36.1 Å². The summed E-state index contributed by atoms with van der Waals surface area (Å²) in [5.74, 6) is 2.03. The van der Waals surface area contributed by atoms with Gasteiger partial charge in [-0.3, -0.25) is 0 Å². The van der Waals surface area contributed by atoms with E-state index in [1.54, 1.807) is 12.1 Å². The van der Waals surface area contributed by atoms with E-state index in [0.29, 0.717) is 17.5 Å². The fraction of sp³-hybridized carbons (Fsp3) is 0.267. The zero-order chi connectivity index (χ0) is 13.8. The van der Waals surface area contributed by atoms with Crippen molar-refractivity contribution in [1.82, 2.24) is 4.98 Å². The number of rotatable bonds is 4. The Hall–Kier alpha value is -2.23. The highest BCUT2D eigenvalue weighted by atomic mass is 16.5. The van der Waals surface area contributed by atoms with Gasteiger partial charge in [0.2, 0.25) is 5.88 Å². The third kappa shape index (κ3) is 3.16. The molecule has 0 fully saturated rings. The number of benzene rings is 1. The average Bonchev–Trinajstić information content (AvgIpc) is 2.43. The number of nitrogens with two attached hydrogens (primary N) is 2. The molecule has 1 unspecified atom stereocenters. The van der Waals surface area contributed by atoms with Gasteiger partial charge in [-0.1, -0.05) is 26.0 Å². The Bertz CT molecular complexity index is 552. The van der Waals surface area contributed by atoms with Crippen molar-refractivity contribution in [2.24, 2.45) is 0 Å². The molecule has 0 amide bonds. The van der Waals surface area contributed by atoms with Crippen LogP contribution in [0.4, 0.5) is 11.5 Å². The minimum atomic E-state index is 0.286. The zero-order valence-corrected chi connectivity index (χ0v) is 11.3. The molecule has 2 rings (SSSR count). The van der Waals surface area contributed by atoms with Crippen LogP contribution in [0.3, 0.4) is 0 Å². The summed E-state index contributed by atoms with van der Waals surface area (Å²) in [4.78, 5) is 4.07. The lowest BCUT2D eigenvalue weighted by Gasteiger charge is -2.10. The van der Waals surface area contributed by atoms with E-state index in [-0.39, 0.29) is 5.82 Å². The molecule has 1 aromatic heterocycles. The van der Waals surface area contributed by atoms with Crippen molar-refractivity contribution < 1.29 is 4.74 Å². The lowest BCUT2D eigenvalue weighted by Crippen LogP contribution is -1.99. The van der Waals surface area contributed by atoms with Gasteiger partial charge in [0.1, 0.15) is 5.75 Å². The van der Waals surface area contributed by atoms with Crippen LogP contribution in [-0.4, -0.2) is 4.98 Å². The summed E-state index contributed by atoms with van der Waals surface area (Å²) < 4.78 is 5.64. The Morgan fingerprint density at radius 1 is 1.11 bits per heavy atom. The molecule has 1 heterocycles. The van der Waals surface area contributed by atoms with Gasteiger partial charge in [0.05, 0.1) is 5.69 Å². The predicted molar refractivity (Wildman–Crippen MR) is 78.3 cm³/mol. The van der Waals surface area contributed by atoms with Crippen LogP contribution >= 0.6 is 0 Å². The fourth-order valence-corrected chi connectivity index (χ4v) is 1.74. The molecule has 0 saturated heterocycles. The second kappa shape index (κ2) is 5.61. The molecule has 0 saturated carbocycles. The Kier molecular flexibility index (Phi) is 3.90. The van der Waals surface area contributed by atoms with Crippen LogP contribution in [0, 0.1) is 0 Å². The average molecular weight is 257 g/mol. The van der Waals surface area contributed by atoms with Gasteiger partial charge in [0.25, 0.3) is 0 Å². The number of anilines is 2. The molecule has 4 N–H and O–H groups in total. The van der Waals surface area contributed by atoms with E-state index < -0.39 is 0 Å². The van der Waals surface area contributed by atoms with E-state index in [1.165, 1.54) is 5.56 Å². The first-order chi connectivity index (χ1) is 9.10. The van der Waals surface area contributed by atoms with Crippen molar-refractivity contribution >= 4 is 11.5 Å². The molecule has 4 nitrogen and oxygen atoms in total. The van der Waals surface area contributed by atoms with Gasteiger partial charge < -0.3 is 16.2 Å². The quantitative estimate of drug-likeness (QED) is 0.878. The third-order valence-corrected chi connectivity index (χ3v) is 3.22. The maximum atomic E-state index is 5.64. The molecular formula is C15H19N3O. The Morgan fingerprint density at radius 2 is 1.79 bits per heavy atom. The van der Waals surface area contributed by atoms with Crippen molar-refractivity contribution in [2.45, 2.75) is 26.2 Å². The van der Waals surface area contributed by atoms with E-state index in [4.69, 9.17) is 16.2 Å². The van der Waals surface area contributed by atoms with Crippen LogP contribution < -0.4 is 16.2 Å². The highest BCUT2D eigenvalue weighted by Crippen LogP contribution is 2.25. The molecule has 19 heavy (non-hydrogen) atoms. The van der Waals surface area contributed by atoms with E-state index in [0.717, 1.165) is 12.2 Å². The topological polar surface area (TPSA) is 74.2 Å². The zero-order valence-electron chi connectivity index (χ0n) is 11.3. The van der Waals surface area contributed by atoms with Crippen LogP contribution in [-0.2, 0) is 0 Å². The molecule has 2 aromatic rings. The first kappa shape index (κ1) is 13.2. The van der Waals surface area contributed by atoms with Gasteiger partial charge in [-0.15, -0.1) is 0 Å². The number of ether oxygens (including phenoxy) is 1. The normalized spacial score (nSPS) is 12.1. The van der Waals surface area contributed by atoms with Gasteiger partial charge in [0.15, 0.2) is 5.82 Å². The van der Waals surface area contributed by atoms with E-state index >= 15 is 0 Å². The van der Waals surface area contributed by atoms with Crippen LogP contribution in [0.25, 0.3) is 0 Å². The summed E-state index contributed by atoms with van der Waals surface area (Å²) in [6.45, 7) is 4.38. The molecule has 1 aromatic carbocycles. The molecule has 4 heteroatoms. The van der Waals surface area contributed by atoms with E-state index in [1.807, 2.05) is 12.1 Å². The number of nitrogens with zero attached hydrogens (tertiary/aromatic N) is 1. The third-order valence-electron chi connectivity index (χ3n) is 3.22. The molecule has 0 spiro atoms. The largest absolute Gasteiger partial charge is 0.439 e. The van der Waals surface area contributed by atoms with E-state index in [2.05, 4.69) is 31.0 Å². The SMILES string of the molecule is CCC(C)c1ccc(Oc2ccc(N)c(N)n2)cc1. The molecule has 0 bridgehead atoms. The molecule has 100 valence electrons. The van der Waals surface area contributed by atoms with Crippen molar-refractivity contribution in [1.29, 1.82) is 0 Å². The molecule has 0 radical (unpaired) electrons. The van der Waals surface area contributed by atoms with Crippen molar-refractivity contribution in [3.05, 3.63) is 42.0 Å². The highest BCUT2D eigenvalue weighted by molar-refractivity contribution is 5.58. The maximum absolute atomic E-state index is 5.64. The lowest BCUT2D eigenvalue weighted by molar-refractivity contribution is 0.463. The van der Waals surface area contributed by atoms with Crippen LogP contribution in [0.15, 0.2) is 36.4 Å².